The molecule has 50 heavy (non-hydrogen) atoms. The Morgan fingerprint density at radius 1 is 1.04 bits per heavy atom. The van der Waals surface area contributed by atoms with Crippen molar-refractivity contribution < 1.29 is 23.4 Å². The third-order valence-corrected chi connectivity index (χ3v) is 8.70. The van der Waals surface area contributed by atoms with Gasteiger partial charge in [-0.15, -0.1) is 13.2 Å². The number of aromatic nitrogens is 3. The van der Waals surface area contributed by atoms with Gasteiger partial charge in [0.25, 0.3) is 0 Å². The van der Waals surface area contributed by atoms with Crippen molar-refractivity contribution in [1.82, 2.24) is 14.6 Å². The molecule has 1 aliphatic heterocycles. The van der Waals surface area contributed by atoms with Crippen molar-refractivity contribution in [3.63, 3.8) is 0 Å². The number of hydrogen-bond donors (Lipinski definition) is 0. The van der Waals surface area contributed by atoms with E-state index in [0.717, 1.165) is 29.5 Å². The summed E-state index contributed by atoms with van der Waals surface area (Å²) in [7, 11) is 1.31. The van der Waals surface area contributed by atoms with Crippen LogP contribution in [0, 0.1) is 12.7 Å². The molecule has 6 rings (SSSR count). The minimum absolute atomic E-state index is 0.222. The van der Waals surface area contributed by atoms with E-state index in [1.807, 2.05) is 51.1 Å². The number of carbonyl (C=O) groups excluding carboxylic acids is 1. The van der Waals surface area contributed by atoms with Gasteiger partial charge in [0.1, 0.15) is 18.2 Å². The fourth-order valence-corrected chi connectivity index (χ4v) is 6.48. The molecule has 0 radical (unpaired) electrons. The highest BCUT2D eigenvalue weighted by Crippen LogP contribution is 2.42. The fourth-order valence-electron chi connectivity index (χ4n) is 6.48. The Balaban J connectivity index is 1.60. The first-order valence-corrected chi connectivity index (χ1v) is 16.8. The quantitative estimate of drug-likeness (QED) is 0.102. The van der Waals surface area contributed by atoms with E-state index in [4.69, 9.17) is 24.3 Å². The predicted octanol–water partition coefficient (Wildman–Crippen LogP) is 8.71. The van der Waals surface area contributed by atoms with Crippen LogP contribution in [0.4, 0.5) is 10.1 Å². The van der Waals surface area contributed by atoms with Crippen LogP contribution in [0.2, 0.25) is 0 Å². The number of rotatable bonds is 11. The lowest BCUT2D eigenvalue weighted by molar-refractivity contribution is -0.164. The number of carbonyl (C=O) groups is 1. The maximum absolute atomic E-state index is 16.5. The van der Waals surface area contributed by atoms with Crippen LogP contribution in [-0.2, 0) is 20.7 Å². The van der Waals surface area contributed by atoms with Gasteiger partial charge in [0, 0.05) is 41.1 Å². The summed E-state index contributed by atoms with van der Waals surface area (Å²) in [5, 5.41) is 5.05. The van der Waals surface area contributed by atoms with Gasteiger partial charge >= 0.3 is 5.97 Å². The van der Waals surface area contributed by atoms with Crippen molar-refractivity contribution in [3.8, 4) is 39.4 Å². The lowest BCUT2D eigenvalue weighted by atomic mass is 9.95. The molecule has 3 heterocycles. The van der Waals surface area contributed by atoms with Crippen LogP contribution < -0.4 is 9.64 Å². The molecule has 0 aliphatic carbocycles. The zero-order valence-electron chi connectivity index (χ0n) is 29.3. The number of esters is 1. The molecule has 0 saturated heterocycles. The van der Waals surface area contributed by atoms with Crippen LogP contribution in [-0.4, -0.2) is 53.0 Å². The van der Waals surface area contributed by atoms with Crippen molar-refractivity contribution in [1.29, 1.82) is 0 Å². The minimum Gasteiger partial charge on any atom is -0.489 e. The number of nitrogens with zero attached hydrogens (tertiary/aromatic N) is 4. The molecule has 8 nitrogen and oxygen atoms in total. The Hall–Kier alpha value is -5.28. The van der Waals surface area contributed by atoms with E-state index in [2.05, 4.69) is 48.4 Å². The van der Waals surface area contributed by atoms with Crippen LogP contribution in [0.1, 0.15) is 50.1 Å². The molecule has 9 heteroatoms. The highest BCUT2D eigenvalue weighted by Gasteiger charge is 2.35. The standard InChI is InChI=1S/C41H43FN4O4/c1-8-10-14-27-15-11-12-18-30(27)28-16-13-17-29(22-28)33-25-36-43-26(3)37(39(40(47)48-7)50-41(4,5)6)38(46(36)44-33)31-23-34-35(24-32(31)42)49-21-20-45(34)19-9-2/h8-9,11-13,15-18,22-25,39H,1-2,10,14,19-21H2,3-7H3. The van der Waals surface area contributed by atoms with Gasteiger partial charge < -0.3 is 19.1 Å². The average Bonchev–Trinajstić information content (AvgIpc) is 3.52. The Bertz CT molecular complexity index is 2080. The molecule has 1 unspecified atom stereocenters. The number of benzene rings is 3. The van der Waals surface area contributed by atoms with Gasteiger partial charge in [-0.2, -0.15) is 5.10 Å². The molecule has 2 aromatic heterocycles. The number of anilines is 1. The first-order valence-electron chi connectivity index (χ1n) is 16.8. The van der Waals surface area contributed by atoms with Gasteiger partial charge in [-0.05, 0) is 69.4 Å². The molecule has 5 aromatic rings. The van der Waals surface area contributed by atoms with Crippen molar-refractivity contribution in [2.24, 2.45) is 0 Å². The van der Waals surface area contributed by atoms with E-state index >= 15 is 4.39 Å². The minimum atomic E-state index is -1.22. The molecule has 0 N–H and O–H groups in total. The van der Waals surface area contributed by atoms with Gasteiger partial charge in [0.2, 0.25) is 0 Å². The first-order chi connectivity index (χ1) is 24.0. The molecule has 1 atom stereocenters. The van der Waals surface area contributed by atoms with Crippen molar-refractivity contribution in [2.45, 2.75) is 52.2 Å². The summed E-state index contributed by atoms with van der Waals surface area (Å²) in [4.78, 5) is 20.4. The summed E-state index contributed by atoms with van der Waals surface area (Å²) in [6.45, 7) is 16.7. The Morgan fingerprint density at radius 3 is 2.56 bits per heavy atom. The fraction of sp³-hybridized carbons (Fsp3) is 0.293. The molecule has 0 spiro atoms. The van der Waals surface area contributed by atoms with Gasteiger partial charge in [-0.25, -0.2) is 18.7 Å². The van der Waals surface area contributed by atoms with Crippen molar-refractivity contribution >= 4 is 17.3 Å². The van der Waals surface area contributed by atoms with E-state index < -0.39 is 23.5 Å². The van der Waals surface area contributed by atoms with Crippen LogP contribution in [0.3, 0.4) is 0 Å². The molecular formula is C41H43FN4O4. The van der Waals surface area contributed by atoms with Crippen molar-refractivity contribution in [2.75, 3.05) is 31.7 Å². The largest absolute Gasteiger partial charge is 0.489 e. The van der Waals surface area contributed by atoms with Gasteiger partial charge in [0.15, 0.2) is 11.8 Å². The van der Waals surface area contributed by atoms with Crippen LogP contribution >= 0.6 is 0 Å². The SMILES string of the molecule is C=CCCc1ccccc1-c1cccc(-c2cc3nc(C)c(C(OC(C)(C)C)C(=O)OC)c(-c4cc5c(cc4F)OCCN5CC=C)n3n2)c1. The Morgan fingerprint density at radius 2 is 1.82 bits per heavy atom. The summed E-state index contributed by atoms with van der Waals surface area (Å²) in [5.41, 5.74) is 6.79. The number of aryl methyl sites for hydroxylation is 2. The van der Waals surface area contributed by atoms with Crippen LogP contribution in [0.5, 0.6) is 5.75 Å². The van der Waals surface area contributed by atoms with Crippen LogP contribution in [0.25, 0.3) is 39.3 Å². The lowest BCUT2D eigenvalue weighted by Gasteiger charge is -2.31. The number of allylic oxidation sites excluding steroid dienone is 1. The summed E-state index contributed by atoms with van der Waals surface area (Å²) in [6, 6.07) is 21.6. The third-order valence-electron chi connectivity index (χ3n) is 8.70. The highest BCUT2D eigenvalue weighted by atomic mass is 19.1. The number of hydrogen-bond acceptors (Lipinski definition) is 7. The third kappa shape index (κ3) is 6.91. The lowest BCUT2D eigenvalue weighted by Crippen LogP contribution is -2.33. The maximum atomic E-state index is 16.5. The van der Waals surface area contributed by atoms with E-state index in [0.29, 0.717) is 59.4 Å². The normalized spacial score (nSPS) is 13.4. The van der Waals surface area contributed by atoms with E-state index in [-0.39, 0.29) is 5.56 Å². The molecule has 258 valence electrons. The van der Waals surface area contributed by atoms with Gasteiger partial charge in [0.05, 0.1) is 36.3 Å². The second-order valence-electron chi connectivity index (χ2n) is 13.3. The molecule has 0 amide bonds. The van der Waals surface area contributed by atoms with Crippen LogP contribution in [0.15, 0.2) is 92.0 Å². The number of methoxy groups -OCH3 is 1. The second-order valence-corrected chi connectivity index (χ2v) is 13.3. The Labute approximate surface area is 292 Å². The predicted molar refractivity (Wildman–Crippen MR) is 196 cm³/mol. The Kier molecular flexibility index (Phi) is 9.88. The highest BCUT2D eigenvalue weighted by molar-refractivity contribution is 5.84. The first kappa shape index (κ1) is 34.6. The summed E-state index contributed by atoms with van der Waals surface area (Å²) in [5.74, 6) is -0.729. The topological polar surface area (TPSA) is 78.2 Å². The summed E-state index contributed by atoms with van der Waals surface area (Å²) < 4.78 is 35.5. The van der Waals surface area contributed by atoms with E-state index in [1.165, 1.54) is 18.7 Å². The smallest absolute Gasteiger partial charge is 0.339 e. The molecule has 0 saturated carbocycles. The second kappa shape index (κ2) is 14.3. The molecular weight excluding hydrogens is 631 g/mol. The number of ether oxygens (including phenoxy) is 3. The van der Waals surface area contributed by atoms with E-state index in [9.17, 15) is 4.79 Å². The number of halogens is 1. The monoisotopic (exact) mass is 674 g/mol. The number of fused-ring (bicyclic) bond motifs is 2. The zero-order chi connectivity index (χ0) is 35.6. The maximum Gasteiger partial charge on any atom is 0.339 e. The molecule has 3 aromatic carbocycles. The summed E-state index contributed by atoms with van der Waals surface area (Å²) in [6.07, 6.45) is 4.27. The van der Waals surface area contributed by atoms with Gasteiger partial charge in [-0.1, -0.05) is 54.6 Å². The van der Waals surface area contributed by atoms with Gasteiger partial charge in [-0.3, -0.25) is 0 Å². The molecule has 0 bridgehead atoms. The molecule has 1 aliphatic rings. The summed E-state index contributed by atoms with van der Waals surface area (Å²) >= 11 is 0. The van der Waals surface area contributed by atoms with Crippen molar-refractivity contribution in [3.05, 3.63) is 115 Å². The zero-order valence-corrected chi connectivity index (χ0v) is 29.3. The average molecular weight is 675 g/mol. The molecule has 0 fully saturated rings. The van der Waals surface area contributed by atoms with E-state index in [1.54, 1.807) is 23.6 Å².